The van der Waals surface area contributed by atoms with Crippen LogP contribution in [0.25, 0.3) is 0 Å². The van der Waals surface area contributed by atoms with Crippen molar-refractivity contribution in [2.24, 2.45) is 5.73 Å². The molecule has 0 aliphatic rings. The van der Waals surface area contributed by atoms with Crippen molar-refractivity contribution in [1.82, 2.24) is 0 Å². The Kier molecular flexibility index (Phi) is 2.98. The maximum atomic E-state index is 9.07. The van der Waals surface area contributed by atoms with Crippen LogP contribution in [-0.2, 0) is 5.54 Å². The zero-order valence-electron chi connectivity index (χ0n) is 8.45. The molecule has 0 radical (unpaired) electrons. The second-order valence-corrected chi connectivity index (χ2v) is 3.53. The summed E-state index contributed by atoms with van der Waals surface area (Å²) in [5.74, 6) is 0.613. The predicted molar refractivity (Wildman–Crippen MR) is 56.0 cm³/mol. The van der Waals surface area contributed by atoms with Crippen LogP contribution in [0.15, 0.2) is 18.2 Å². The molecule has 0 aromatic heterocycles. The van der Waals surface area contributed by atoms with Gasteiger partial charge in [-0.15, -0.1) is 0 Å². The summed E-state index contributed by atoms with van der Waals surface area (Å²) in [7, 11) is 1.55. The Labute approximate surface area is 83.5 Å². The molecular formula is C10H16N2O2. The van der Waals surface area contributed by atoms with Crippen molar-refractivity contribution >= 4 is 5.69 Å². The number of nitrogen functional groups attached to an aromatic ring is 1. The average molecular weight is 196 g/mol. The Morgan fingerprint density at radius 3 is 2.57 bits per heavy atom. The summed E-state index contributed by atoms with van der Waals surface area (Å²) in [5.41, 5.74) is 12.1. The zero-order valence-corrected chi connectivity index (χ0v) is 8.45. The second kappa shape index (κ2) is 3.86. The van der Waals surface area contributed by atoms with Gasteiger partial charge in [-0.3, -0.25) is 0 Å². The number of rotatable bonds is 3. The lowest BCUT2D eigenvalue weighted by molar-refractivity contribution is 0.210. The minimum absolute atomic E-state index is 0.126. The molecule has 4 heteroatoms. The van der Waals surface area contributed by atoms with Gasteiger partial charge in [0.1, 0.15) is 5.75 Å². The SMILES string of the molecule is COc1ccc([C@@](C)(N)CO)cc1N. The lowest BCUT2D eigenvalue weighted by atomic mass is 9.94. The molecule has 0 fully saturated rings. The Morgan fingerprint density at radius 1 is 1.50 bits per heavy atom. The summed E-state index contributed by atoms with van der Waals surface area (Å²) in [5, 5.41) is 9.07. The fraction of sp³-hybridized carbons (Fsp3) is 0.400. The van der Waals surface area contributed by atoms with Crippen molar-refractivity contribution < 1.29 is 9.84 Å². The van der Waals surface area contributed by atoms with E-state index in [0.29, 0.717) is 11.4 Å². The predicted octanol–water partition coefficient (Wildman–Crippen LogP) is 0.444. The Bertz CT molecular complexity index is 324. The van der Waals surface area contributed by atoms with Gasteiger partial charge < -0.3 is 21.3 Å². The van der Waals surface area contributed by atoms with E-state index in [-0.39, 0.29) is 6.61 Å². The summed E-state index contributed by atoms with van der Waals surface area (Å²) >= 11 is 0. The molecule has 0 spiro atoms. The van der Waals surface area contributed by atoms with Crippen LogP contribution in [0.5, 0.6) is 5.75 Å². The van der Waals surface area contributed by atoms with Crippen LogP contribution >= 0.6 is 0 Å². The van der Waals surface area contributed by atoms with Gasteiger partial charge in [-0.2, -0.15) is 0 Å². The van der Waals surface area contributed by atoms with E-state index >= 15 is 0 Å². The molecule has 14 heavy (non-hydrogen) atoms. The van der Waals surface area contributed by atoms with E-state index < -0.39 is 5.54 Å². The smallest absolute Gasteiger partial charge is 0.141 e. The van der Waals surface area contributed by atoms with Gasteiger partial charge in [-0.1, -0.05) is 6.07 Å². The molecule has 78 valence electrons. The fourth-order valence-corrected chi connectivity index (χ4v) is 1.18. The molecule has 0 aliphatic heterocycles. The van der Waals surface area contributed by atoms with Gasteiger partial charge in [0, 0.05) is 0 Å². The van der Waals surface area contributed by atoms with Crippen molar-refractivity contribution in [2.45, 2.75) is 12.5 Å². The van der Waals surface area contributed by atoms with Gasteiger partial charge in [-0.05, 0) is 24.6 Å². The van der Waals surface area contributed by atoms with E-state index in [1.807, 2.05) is 0 Å². The fourth-order valence-electron chi connectivity index (χ4n) is 1.18. The zero-order chi connectivity index (χ0) is 10.8. The lowest BCUT2D eigenvalue weighted by Crippen LogP contribution is -2.36. The molecule has 1 atom stereocenters. The summed E-state index contributed by atoms with van der Waals surface area (Å²) in [6, 6.07) is 5.26. The summed E-state index contributed by atoms with van der Waals surface area (Å²) in [4.78, 5) is 0. The van der Waals surface area contributed by atoms with Gasteiger partial charge in [0.25, 0.3) is 0 Å². The van der Waals surface area contributed by atoms with Crippen molar-refractivity contribution in [1.29, 1.82) is 0 Å². The van der Waals surface area contributed by atoms with Crippen molar-refractivity contribution in [3.8, 4) is 5.75 Å². The van der Waals surface area contributed by atoms with Crippen molar-refractivity contribution in [3.63, 3.8) is 0 Å². The maximum Gasteiger partial charge on any atom is 0.141 e. The van der Waals surface area contributed by atoms with Gasteiger partial charge in [0.15, 0.2) is 0 Å². The van der Waals surface area contributed by atoms with Gasteiger partial charge >= 0.3 is 0 Å². The van der Waals surface area contributed by atoms with E-state index in [1.165, 1.54) is 0 Å². The molecule has 1 aromatic rings. The first-order valence-electron chi connectivity index (χ1n) is 4.35. The molecule has 0 saturated heterocycles. The highest BCUT2D eigenvalue weighted by Gasteiger charge is 2.20. The number of nitrogens with two attached hydrogens (primary N) is 2. The molecule has 0 unspecified atom stereocenters. The molecule has 4 nitrogen and oxygen atoms in total. The quantitative estimate of drug-likeness (QED) is 0.613. The van der Waals surface area contributed by atoms with Gasteiger partial charge in [0.05, 0.1) is 24.9 Å². The molecular weight excluding hydrogens is 180 g/mol. The topological polar surface area (TPSA) is 81.5 Å². The largest absolute Gasteiger partial charge is 0.495 e. The Morgan fingerprint density at radius 2 is 2.14 bits per heavy atom. The number of aliphatic hydroxyl groups excluding tert-OH is 1. The number of benzene rings is 1. The van der Waals surface area contributed by atoms with Crippen molar-refractivity contribution in [2.75, 3.05) is 19.5 Å². The third-order valence-electron chi connectivity index (χ3n) is 2.22. The maximum absolute atomic E-state index is 9.07. The standard InChI is InChI=1S/C10H16N2O2/c1-10(12,6-13)7-3-4-9(14-2)8(11)5-7/h3-5,13H,6,11-12H2,1-2H3/t10-/m0/s1. The van der Waals surface area contributed by atoms with Gasteiger partial charge in [-0.25, -0.2) is 0 Å². The molecule has 0 bridgehead atoms. The monoisotopic (exact) mass is 196 g/mol. The van der Waals surface area contributed by atoms with Crippen LogP contribution in [0.1, 0.15) is 12.5 Å². The first-order chi connectivity index (χ1) is 6.51. The van der Waals surface area contributed by atoms with E-state index in [0.717, 1.165) is 5.56 Å². The second-order valence-electron chi connectivity index (χ2n) is 3.53. The molecule has 1 aromatic carbocycles. The Hall–Kier alpha value is -1.26. The number of aliphatic hydroxyl groups is 1. The van der Waals surface area contributed by atoms with Crippen LogP contribution in [0.3, 0.4) is 0 Å². The highest BCUT2D eigenvalue weighted by atomic mass is 16.5. The number of ether oxygens (including phenoxy) is 1. The van der Waals surface area contributed by atoms with Crippen LogP contribution in [0.2, 0.25) is 0 Å². The minimum atomic E-state index is -0.764. The number of methoxy groups -OCH3 is 1. The molecule has 5 N–H and O–H groups in total. The first-order valence-corrected chi connectivity index (χ1v) is 4.35. The highest BCUT2D eigenvalue weighted by Crippen LogP contribution is 2.26. The number of hydrogen-bond acceptors (Lipinski definition) is 4. The van der Waals surface area contributed by atoms with Gasteiger partial charge in [0.2, 0.25) is 0 Å². The minimum Gasteiger partial charge on any atom is -0.495 e. The molecule has 0 amide bonds. The molecule has 0 heterocycles. The molecule has 1 rings (SSSR count). The number of hydrogen-bond donors (Lipinski definition) is 3. The van der Waals surface area contributed by atoms with Crippen molar-refractivity contribution in [3.05, 3.63) is 23.8 Å². The molecule has 0 aliphatic carbocycles. The summed E-state index contributed by atoms with van der Waals surface area (Å²) < 4.78 is 5.02. The van der Waals surface area contributed by atoms with E-state index in [1.54, 1.807) is 32.2 Å². The van der Waals surface area contributed by atoms with Crippen LogP contribution in [0, 0.1) is 0 Å². The highest BCUT2D eigenvalue weighted by molar-refractivity contribution is 5.55. The van der Waals surface area contributed by atoms with E-state index in [4.69, 9.17) is 21.3 Å². The normalized spacial score (nSPS) is 14.9. The van der Waals surface area contributed by atoms with E-state index in [9.17, 15) is 0 Å². The molecule has 0 saturated carbocycles. The summed E-state index contributed by atoms with van der Waals surface area (Å²) in [6.07, 6.45) is 0. The van der Waals surface area contributed by atoms with Crippen LogP contribution in [-0.4, -0.2) is 18.8 Å². The Balaban J connectivity index is 3.08. The van der Waals surface area contributed by atoms with Crippen LogP contribution in [0.4, 0.5) is 5.69 Å². The summed E-state index contributed by atoms with van der Waals surface area (Å²) in [6.45, 7) is 1.62. The third-order valence-corrected chi connectivity index (χ3v) is 2.22. The third kappa shape index (κ3) is 1.97. The lowest BCUT2D eigenvalue weighted by Gasteiger charge is -2.23. The first kappa shape index (κ1) is 10.8. The number of anilines is 1. The average Bonchev–Trinajstić information content (AvgIpc) is 2.17. The van der Waals surface area contributed by atoms with Crippen LogP contribution < -0.4 is 16.2 Å². The van der Waals surface area contributed by atoms with E-state index in [2.05, 4.69) is 0 Å².